The summed E-state index contributed by atoms with van der Waals surface area (Å²) in [7, 11) is 0. The predicted octanol–water partition coefficient (Wildman–Crippen LogP) is 3.79. The third-order valence-electron chi connectivity index (χ3n) is 5.10. The van der Waals surface area contributed by atoms with Gasteiger partial charge in [0.05, 0.1) is 0 Å². The number of nitrogens with zero attached hydrogens (tertiary/aromatic N) is 3. The molecule has 1 saturated heterocycles. The van der Waals surface area contributed by atoms with Crippen LogP contribution in [-0.2, 0) is 6.42 Å². The number of piperidine rings is 1. The molecule has 1 N–H and O–H groups in total. The maximum Gasteiger partial charge on any atom is 0.253 e. The van der Waals surface area contributed by atoms with Crippen LogP contribution in [0.2, 0.25) is 0 Å². The Morgan fingerprint density at radius 1 is 1.29 bits per heavy atom. The zero-order valence-electron chi connectivity index (χ0n) is 17.5. The van der Waals surface area contributed by atoms with Gasteiger partial charge in [-0.1, -0.05) is 45.0 Å². The van der Waals surface area contributed by atoms with E-state index >= 15 is 0 Å². The molecule has 1 aliphatic heterocycles. The van der Waals surface area contributed by atoms with E-state index < -0.39 is 0 Å². The van der Waals surface area contributed by atoms with Crippen LogP contribution >= 0.6 is 0 Å². The second kappa shape index (κ2) is 8.86. The summed E-state index contributed by atoms with van der Waals surface area (Å²) in [5, 5.41) is 7.51. The zero-order chi connectivity index (χ0) is 20.1. The van der Waals surface area contributed by atoms with Crippen molar-refractivity contribution in [3.05, 3.63) is 35.7 Å². The van der Waals surface area contributed by atoms with E-state index in [1.54, 1.807) is 0 Å². The molecule has 2 aromatic rings. The smallest absolute Gasteiger partial charge is 0.253 e. The molecular formula is C22H32N4O2. The number of aromatic nitrogens is 2. The van der Waals surface area contributed by atoms with Crippen molar-refractivity contribution in [3.63, 3.8) is 0 Å². The molecule has 1 aromatic carbocycles. The number of carbonyl (C=O) groups excluding carboxylic acids is 1. The van der Waals surface area contributed by atoms with Gasteiger partial charge in [0.2, 0.25) is 11.7 Å². The fourth-order valence-corrected chi connectivity index (χ4v) is 3.56. The predicted molar refractivity (Wildman–Crippen MR) is 110 cm³/mol. The molecular weight excluding hydrogens is 352 g/mol. The van der Waals surface area contributed by atoms with Crippen LogP contribution in [0, 0.1) is 11.3 Å². The fraction of sp³-hybridized carbons (Fsp3) is 0.591. The van der Waals surface area contributed by atoms with Gasteiger partial charge in [0, 0.05) is 30.6 Å². The van der Waals surface area contributed by atoms with Gasteiger partial charge < -0.3 is 14.7 Å². The molecule has 6 heteroatoms. The first-order valence-corrected chi connectivity index (χ1v) is 10.3. The molecule has 152 valence electrons. The van der Waals surface area contributed by atoms with Gasteiger partial charge in [-0.05, 0) is 49.4 Å². The highest BCUT2D eigenvalue weighted by Gasteiger charge is 2.24. The van der Waals surface area contributed by atoms with Crippen molar-refractivity contribution >= 4 is 5.91 Å². The molecule has 0 atom stereocenters. The van der Waals surface area contributed by atoms with E-state index in [1.807, 2.05) is 29.2 Å². The summed E-state index contributed by atoms with van der Waals surface area (Å²) in [6, 6.07) is 7.55. The summed E-state index contributed by atoms with van der Waals surface area (Å²) >= 11 is 0. The lowest BCUT2D eigenvalue weighted by atomic mass is 9.92. The Bertz CT molecular complexity index is 786. The highest BCUT2D eigenvalue weighted by atomic mass is 16.5. The Kier molecular flexibility index (Phi) is 6.50. The zero-order valence-corrected chi connectivity index (χ0v) is 17.5. The Morgan fingerprint density at radius 2 is 2.04 bits per heavy atom. The molecule has 0 saturated carbocycles. The van der Waals surface area contributed by atoms with Gasteiger partial charge in [0.15, 0.2) is 0 Å². The molecule has 0 aliphatic carbocycles. The molecule has 1 fully saturated rings. The first-order valence-electron chi connectivity index (χ1n) is 10.3. The van der Waals surface area contributed by atoms with Gasteiger partial charge in [0.1, 0.15) is 0 Å². The number of benzene rings is 1. The van der Waals surface area contributed by atoms with Crippen molar-refractivity contribution in [2.75, 3.05) is 26.2 Å². The van der Waals surface area contributed by atoms with Crippen molar-refractivity contribution in [1.29, 1.82) is 0 Å². The molecule has 6 nitrogen and oxygen atoms in total. The van der Waals surface area contributed by atoms with E-state index in [1.165, 1.54) is 0 Å². The van der Waals surface area contributed by atoms with Gasteiger partial charge in [-0.15, -0.1) is 0 Å². The molecule has 0 spiro atoms. The molecule has 3 rings (SSSR count). The SMILES string of the molecule is CCNCC1CCN(C(=O)c2cccc(-c3noc(CC(C)(C)C)n3)c2)CC1. The maximum absolute atomic E-state index is 12.9. The average Bonchev–Trinajstić information content (AvgIpc) is 3.13. The van der Waals surface area contributed by atoms with Gasteiger partial charge in [-0.2, -0.15) is 4.98 Å². The topological polar surface area (TPSA) is 71.3 Å². The minimum atomic E-state index is 0.0837. The van der Waals surface area contributed by atoms with Crippen LogP contribution in [0.1, 0.15) is 56.8 Å². The van der Waals surface area contributed by atoms with Gasteiger partial charge >= 0.3 is 0 Å². The number of hydrogen-bond donors (Lipinski definition) is 1. The number of carbonyl (C=O) groups is 1. The Morgan fingerprint density at radius 3 is 2.71 bits per heavy atom. The summed E-state index contributed by atoms with van der Waals surface area (Å²) in [6.45, 7) is 12.2. The lowest BCUT2D eigenvalue weighted by Gasteiger charge is -2.32. The monoisotopic (exact) mass is 384 g/mol. The second-order valence-corrected chi connectivity index (χ2v) is 8.87. The second-order valence-electron chi connectivity index (χ2n) is 8.87. The van der Waals surface area contributed by atoms with Gasteiger partial charge in [0.25, 0.3) is 5.91 Å². The molecule has 0 unspecified atom stereocenters. The Hall–Kier alpha value is -2.21. The normalized spacial score (nSPS) is 15.8. The first-order chi connectivity index (χ1) is 13.4. The quantitative estimate of drug-likeness (QED) is 0.820. The van der Waals surface area contributed by atoms with E-state index in [0.717, 1.165) is 51.0 Å². The minimum Gasteiger partial charge on any atom is -0.339 e. The van der Waals surface area contributed by atoms with Crippen molar-refractivity contribution in [2.45, 2.75) is 47.0 Å². The largest absolute Gasteiger partial charge is 0.339 e. The Labute approximate surface area is 167 Å². The van der Waals surface area contributed by atoms with Crippen LogP contribution in [0.3, 0.4) is 0 Å². The number of rotatable bonds is 6. The number of likely N-dealkylation sites (tertiary alicyclic amines) is 1. The van der Waals surface area contributed by atoms with Crippen LogP contribution in [0.25, 0.3) is 11.4 Å². The number of hydrogen-bond acceptors (Lipinski definition) is 5. The molecule has 1 amide bonds. The lowest BCUT2D eigenvalue weighted by molar-refractivity contribution is 0.0690. The maximum atomic E-state index is 12.9. The van der Waals surface area contributed by atoms with Crippen LogP contribution in [0.15, 0.2) is 28.8 Å². The standard InChI is InChI=1S/C22H32N4O2/c1-5-23-15-16-9-11-26(12-10-16)21(27)18-8-6-7-17(13-18)20-24-19(28-25-20)14-22(2,3)4/h6-8,13,16,23H,5,9-12,14-15H2,1-4H3. The number of nitrogens with one attached hydrogen (secondary N) is 1. The van der Waals surface area contributed by atoms with E-state index in [0.29, 0.717) is 23.2 Å². The molecule has 28 heavy (non-hydrogen) atoms. The van der Waals surface area contributed by atoms with Crippen LogP contribution in [-0.4, -0.2) is 47.1 Å². The summed E-state index contributed by atoms with van der Waals surface area (Å²) in [5.74, 6) is 1.92. The third kappa shape index (κ3) is 5.41. The van der Waals surface area contributed by atoms with Crippen molar-refractivity contribution < 1.29 is 9.32 Å². The van der Waals surface area contributed by atoms with E-state index in [4.69, 9.17) is 4.52 Å². The summed E-state index contributed by atoms with van der Waals surface area (Å²) < 4.78 is 5.39. The van der Waals surface area contributed by atoms with Crippen molar-refractivity contribution in [3.8, 4) is 11.4 Å². The molecule has 1 aliphatic rings. The van der Waals surface area contributed by atoms with E-state index in [9.17, 15) is 4.79 Å². The molecule has 0 bridgehead atoms. The van der Waals surface area contributed by atoms with Crippen LogP contribution < -0.4 is 5.32 Å². The summed E-state index contributed by atoms with van der Waals surface area (Å²) in [6.07, 6.45) is 2.83. The molecule has 2 heterocycles. The van der Waals surface area contributed by atoms with Crippen LogP contribution in [0.4, 0.5) is 0 Å². The minimum absolute atomic E-state index is 0.0837. The number of amides is 1. The fourth-order valence-electron chi connectivity index (χ4n) is 3.56. The van der Waals surface area contributed by atoms with E-state index in [-0.39, 0.29) is 11.3 Å². The van der Waals surface area contributed by atoms with Gasteiger partial charge in [-0.3, -0.25) is 4.79 Å². The Balaban J connectivity index is 1.66. The summed E-state index contributed by atoms with van der Waals surface area (Å²) in [5.41, 5.74) is 1.59. The first kappa shape index (κ1) is 20.5. The highest BCUT2D eigenvalue weighted by Crippen LogP contribution is 2.24. The van der Waals surface area contributed by atoms with Crippen molar-refractivity contribution in [2.24, 2.45) is 11.3 Å². The molecule has 0 radical (unpaired) electrons. The summed E-state index contributed by atoms with van der Waals surface area (Å²) in [4.78, 5) is 19.4. The van der Waals surface area contributed by atoms with Crippen LogP contribution in [0.5, 0.6) is 0 Å². The molecule has 1 aromatic heterocycles. The van der Waals surface area contributed by atoms with Gasteiger partial charge in [-0.25, -0.2) is 0 Å². The third-order valence-corrected chi connectivity index (χ3v) is 5.10. The van der Waals surface area contributed by atoms with Crippen molar-refractivity contribution in [1.82, 2.24) is 20.4 Å². The average molecular weight is 385 g/mol. The lowest BCUT2D eigenvalue weighted by Crippen LogP contribution is -2.40. The van der Waals surface area contributed by atoms with E-state index in [2.05, 4.69) is 43.2 Å². The highest BCUT2D eigenvalue weighted by molar-refractivity contribution is 5.95.